The van der Waals surface area contributed by atoms with Crippen LogP contribution in [0.25, 0.3) is 0 Å². The normalized spacial score (nSPS) is 18.6. The van der Waals surface area contributed by atoms with Gasteiger partial charge in [-0.05, 0) is 31.0 Å². The molecule has 7 nitrogen and oxygen atoms in total. The van der Waals surface area contributed by atoms with Crippen LogP contribution in [0.1, 0.15) is 12.8 Å². The number of hydrogen-bond acceptors (Lipinski definition) is 4. The fraction of sp³-hybridized carbons (Fsp3) is 0.500. The molecule has 1 aromatic rings. The third-order valence-electron chi connectivity index (χ3n) is 4.07. The zero-order chi connectivity index (χ0) is 18.6. The number of nitrogens with zero attached hydrogens (tertiary/aromatic N) is 2. The minimum atomic E-state index is -3.32. The van der Waals surface area contributed by atoms with Gasteiger partial charge in [-0.15, -0.1) is 0 Å². The van der Waals surface area contributed by atoms with Crippen LogP contribution in [-0.4, -0.2) is 62.4 Å². The molecule has 1 fully saturated rings. The minimum absolute atomic E-state index is 0.110. The second-order valence-electron chi connectivity index (χ2n) is 6.21. The van der Waals surface area contributed by atoms with E-state index in [1.54, 1.807) is 31.3 Å². The Morgan fingerprint density at radius 1 is 1.40 bits per heavy atom. The van der Waals surface area contributed by atoms with Crippen LogP contribution in [0.5, 0.6) is 0 Å². The third-order valence-corrected chi connectivity index (χ3v) is 5.57. The first kappa shape index (κ1) is 19.7. The summed E-state index contributed by atoms with van der Waals surface area (Å²) in [5.41, 5.74) is 0.555. The summed E-state index contributed by atoms with van der Waals surface area (Å²) in [5.74, 6) is -0.990. The second kappa shape index (κ2) is 8.16. The summed E-state index contributed by atoms with van der Waals surface area (Å²) in [6.45, 7) is 0.486. The van der Waals surface area contributed by atoms with E-state index in [9.17, 15) is 18.0 Å². The first-order valence-electron chi connectivity index (χ1n) is 7.92. The van der Waals surface area contributed by atoms with Crippen molar-refractivity contribution in [3.05, 3.63) is 29.3 Å². The molecule has 1 aromatic carbocycles. The van der Waals surface area contributed by atoms with E-state index in [0.29, 0.717) is 30.1 Å². The summed E-state index contributed by atoms with van der Waals surface area (Å²) in [4.78, 5) is 25.9. The molecule has 1 saturated heterocycles. The van der Waals surface area contributed by atoms with E-state index < -0.39 is 15.9 Å². The van der Waals surface area contributed by atoms with Gasteiger partial charge in [0.25, 0.3) is 0 Å². The lowest BCUT2D eigenvalue weighted by Gasteiger charge is -2.32. The molecule has 2 rings (SSSR count). The number of carbonyl (C=O) groups is 2. The van der Waals surface area contributed by atoms with Crippen molar-refractivity contribution in [3.8, 4) is 0 Å². The highest BCUT2D eigenvalue weighted by atomic mass is 35.5. The molecule has 2 amide bonds. The van der Waals surface area contributed by atoms with Gasteiger partial charge in [0, 0.05) is 30.8 Å². The van der Waals surface area contributed by atoms with Crippen molar-refractivity contribution in [2.24, 2.45) is 5.92 Å². The molecule has 0 saturated carbocycles. The number of amides is 2. The molecular weight excluding hydrogens is 366 g/mol. The third kappa shape index (κ3) is 5.69. The number of anilines is 1. The maximum absolute atomic E-state index is 12.5. The first-order valence-corrected chi connectivity index (χ1v) is 10.1. The fourth-order valence-corrected chi connectivity index (χ4v) is 3.92. The minimum Gasteiger partial charge on any atom is -0.336 e. The zero-order valence-corrected chi connectivity index (χ0v) is 15.8. The van der Waals surface area contributed by atoms with Crippen molar-refractivity contribution in [1.82, 2.24) is 9.21 Å². The van der Waals surface area contributed by atoms with Crippen molar-refractivity contribution in [2.45, 2.75) is 12.8 Å². The summed E-state index contributed by atoms with van der Waals surface area (Å²) in [6, 6.07) is 6.74. The van der Waals surface area contributed by atoms with E-state index >= 15 is 0 Å². The Bertz CT molecular complexity index is 754. The van der Waals surface area contributed by atoms with Crippen LogP contribution in [0.15, 0.2) is 24.3 Å². The molecule has 1 unspecified atom stereocenters. The van der Waals surface area contributed by atoms with Crippen LogP contribution < -0.4 is 5.32 Å². The highest BCUT2D eigenvalue weighted by Crippen LogP contribution is 2.20. The van der Waals surface area contributed by atoms with E-state index in [1.807, 2.05) is 0 Å². The number of hydrogen-bond donors (Lipinski definition) is 1. The van der Waals surface area contributed by atoms with E-state index in [-0.39, 0.29) is 24.9 Å². The molecule has 138 valence electrons. The molecule has 0 radical (unpaired) electrons. The number of carbonyl (C=O) groups excluding carboxylic acids is 2. The Morgan fingerprint density at radius 3 is 2.76 bits per heavy atom. The maximum atomic E-state index is 12.5. The predicted molar refractivity (Wildman–Crippen MR) is 96.9 cm³/mol. The van der Waals surface area contributed by atoms with Gasteiger partial charge < -0.3 is 10.2 Å². The average molecular weight is 388 g/mol. The second-order valence-corrected chi connectivity index (χ2v) is 8.63. The molecular formula is C16H22ClN3O4S. The molecule has 1 atom stereocenters. The number of piperidine rings is 1. The van der Waals surface area contributed by atoms with Gasteiger partial charge in [0.15, 0.2) is 0 Å². The van der Waals surface area contributed by atoms with Crippen LogP contribution in [0, 0.1) is 5.92 Å². The van der Waals surface area contributed by atoms with Gasteiger partial charge in [0.2, 0.25) is 21.8 Å². The average Bonchev–Trinajstić information content (AvgIpc) is 2.53. The van der Waals surface area contributed by atoms with Gasteiger partial charge in [0.05, 0.1) is 18.7 Å². The maximum Gasteiger partial charge on any atom is 0.243 e. The molecule has 1 heterocycles. The van der Waals surface area contributed by atoms with Crippen LogP contribution in [-0.2, 0) is 19.6 Å². The van der Waals surface area contributed by atoms with Crippen molar-refractivity contribution in [3.63, 3.8) is 0 Å². The SMILES string of the molecule is CN(CC(=O)Nc1cccc(Cl)c1)C(=O)C1CCCN(S(C)(=O)=O)C1. The summed E-state index contributed by atoms with van der Waals surface area (Å²) in [5, 5.41) is 3.19. The Labute approximate surface area is 153 Å². The molecule has 0 spiro atoms. The van der Waals surface area contributed by atoms with Crippen LogP contribution in [0.4, 0.5) is 5.69 Å². The van der Waals surface area contributed by atoms with Gasteiger partial charge in [-0.2, -0.15) is 0 Å². The number of benzene rings is 1. The number of rotatable bonds is 5. The summed E-state index contributed by atoms with van der Waals surface area (Å²) >= 11 is 5.87. The van der Waals surface area contributed by atoms with E-state index in [0.717, 1.165) is 6.26 Å². The van der Waals surface area contributed by atoms with Crippen molar-refractivity contribution in [1.29, 1.82) is 0 Å². The summed E-state index contributed by atoms with van der Waals surface area (Å²) < 4.78 is 24.6. The quantitative estimate of drug-likeness (QED) is 0.827. The summed E-state index contributed by atoms with van der Waals surface area (Å²) in [6.07, 6.45) is 2.39. The zero-order valence-electron chi connectivity index (χ0n) is 14.2. The smallest absolute Gasteiger partial charge is 0.243 e. The van der Waals surface area contributed by atoms with E-state index in [1.165, 1.54) is 9.21 Å². The van der Waals surface area contributed by atoms with Crippen LogP contribution >= 0.6 is 11.6 Å². The molecule has 1 aliphatic rings. The number of nitrogens with one attached hydrogen (secondary N) is 1. The number of halogens is 1. The van der Waals surface area contributed by atoms with E-state index in [4.69, 9.17) is 11.6 Å². The first-order chi connectivity index (χ1) is 11.7. The molecule has 9 heteroatoms. The standard InChI is InChI=1S/C16H22ClN3O4S/c1-19(11-15(21)18-14-7-3-6-13(17)9-14)16(22)12-5-4-8-20(10-12)25(2,23)24/h3,6-7,9,12H,4-5,8,10-11H2,1-2H3,(H,18,21). The number of likely N-dealkylation sites (N-methyl/N-ethyl adjacent to an activating group) is 1. The van der Waals surface area contributed by atoms with Crippen molar-refractivity contribution < 1.29 is 18.0 Å². The van der Waals surface area contributed by atoms with Gasteiger partial charge in [-0.1, -0.05) is 17.7 Å². The molecule has 0 aromatic heterocycles. The Balaban J connectivity index is 1.92. The highest BCUT2D eigenvalue weighted by molar-refractivity contribution is 7.88. The molecule has 1 N–H and O–H groups in total. The van der Waals surface area contributed by atoms with Gasteiger partial charge >= 0.3 is 0 Å². The predicted octanol–water partition coefficient (Wildman–Crippen LogP) is 1.41. The number of sulfonamides is 1. The molecule has 0 aliphatic carbocycles. The Hall–Kier alpha value is -1.64. The molecule has 1 aliphatic heterocycles. The van der Waals surface area contributed by atoms with Crippen molar-refractivity contribution >= 4 is 39.1 Å². The van der Waals surface area contributed by atoms with Gasteiger partial charge in [-0.3, -0.25) is 9.59 Å². The molecule has 25 heavy (non-hydrogen) atoms. The van der Waals surface area contributed by atoms with Gasteiger partial charge in [-0.25, -0.2) is 12.7 Å². The van der Waals surface area contributed by atoms with Crippen LogP contribution in [0.2, 0.25) is 5.02 Å². The lowest BCUT2D eigenvalue weighted by molar-refractivity contribution is -0.138. The lowest BCUT2D eigenvalue weighted by atomic mass is 9.98. The van der Waals surface area contributed by atoms with E-state index in [2.05, 4.69) is 5.32 Å². The Morgan fingerprint density at radius 2 is 2.12 bits per heavy atom. The monoisotopic (exact) mass is 387 g/mol. The largest absolute Gasteiger partial charge is 0.336 e. The highest BCUT2D eigenvalue weighted by Gasteiger charge is 2.32. The molecule has 0 bridgehead atoms. The van der Waals surface area contributed by atoms with Crippen molar-refractivity contribution in [2.75, 3.05) is 38.3 Å². The lowest BCUT2D eigenvalue weighted by Crippen LogP contribution is -2.46. The topological polar surface area (TPSA) is 86.8 Å². The summed E-state index contributed by atoms with van der Waals surface area (Å²) in [7, 11) is -1.77. The Kier molecular flexibility index (Phi) is 6.42. The van der Waals surface area contributed by atoms with Gasteiger partial charge in [0.1, 0.15) is 0 Å². The fourth-order valence-electron chi connectivity index (χ4n) is 2.82. The van der Waals surface area contributed by atoms with Crippen LogP contribution in [0.3, 0.4) is 0 Å².